The number of aliphatic carboxylic acids is 1. The second kappa shape index (κ2) is 8.63. The molecule has 0 aliphatic rings. The van der Waals surface area contributed by atoms with Crippen LogP contribution in [-0.2, 0) is 18.6 Å². The van der Waals surface area contributed by atoms with Crippen LogP contribution in [0.15, 0.2) is 0 Å². The molecule has 9 heteroatoms. The van der Waals surface area contributed by atoms with Gasteiger partial charge in [-0.1, -0.05) is 13.8 Å². The molecule has 16 heavy (non-hydrogen) atoms. The third kappa shape index (κ3) is 7.75. The van der Waals surface area contributed by atoms with E-state index in [0.29, 0.717) is 13.1 Å². The molecule has 0 fully saturated rings. The van der Waals surface area contributed by atoms with Crippen molar-refractivity contribution >= 4 is 13.6 Å². The maximum absolute atomic E-state index is 11.9. The predicted molar refractivity (Wildman–Crippen MR) is 57.6 cm³/mol. The van der Waals surface area contributed by atoms with E-state index in [9.17, 15) is 9.36 Å². The Bertz CT molecular complexity index is 238. The first-order valence-electron chi connectivity index (χ1n) is 4.88. The molecule has 0 aromatic rings. The number of hydrogen-bond donors (Lipinski definition) is 4. The SMILES string of the molecule is CCNOP(=O)(CNCC(=O)O)ONCC. The second-order valence-electron chi connectivity index (χ2n) is 2.77. The van der Waals surface area contributed by atoms with Crippen LogP contribution in [0.1, 0.15) is 13.8 Å². The van der Waals surface area contributed by atoms with E-state index < -0.39 is 13.6 Å². The largest absolute Gasteiger partial charge is 0.480 e. The highest BCUT2D eigenvalue weighted by Gasteiger charge is 2.25. The zero-order chi connectivity index (χ0) is 12.4. The summed E-state index contributed by atoms with van der Waals surface area (Å²) in [7, 11) is -3.41. The van der Waals surface area contributed by atoms with Crippen molar-refractivity contribution in [2.24, 2.45) is 0 Å². The van der Waals surface area contributed by atoms with Gasteiger partial charge < -0.3 is 5.11 Å². The molecule has 0 radical (unpaired) electrons. The number of hydrogen-bond acceptors (Lipinski definition) is 7. The number of carbonyl (C=O) groups is 1. The molecule has 0 rings (SSSR count). The Labute approximate surface area is 94.1 Å². The van der Waals surface area contributed by atoms with Crippen LogP contribution in [-0.4, -0.2) is 37.0 Å². The monoisotopic (exact) mass is 255 g/mol. The summed E-state index contributed by atoms with van der Waals surface area (Å²) in [6, 6.07) is 0. The standard InChI is InChI=1S/C7H18N3O5P/c1-3-9-14-16(13,15-10-4-2)6-8-5-7(11)12/h8-10H,3-6H2,1-2H3,(H,11,12). The van der Waals surface area contributed by atoms with Crippen molar-refractivity contribution in [2.45, 2.75) is 13.8 Å². The molecule has 0 aromatic carbocycles. The molecule has 96 valence electrons. The maximum Gasteiger partial charge on any atom is 0.376 e. The molecular formula is C7H18N3O5P. The second-order valence-corrected chi connectivity index (χ2v) is 4.67. The number of hydroxylamine groups is 2. The summed E-state index contributed by atoms with van der Waals surface area (Å²) in [5.41, 5.74) is 4.84. The Kier molecular flexibility index (Phi) is 8.36. The fraction of sp³-hybridized carbons (Fsp3) is 0.857. The molecule has 0 unspecified atom stereocenters. The summed E-state index contributed by atoms with van der Waals surface area (Å²) in [6.45, 7) is 4.14. The lowest BCUT2D eigenvalue weighted by Gasteiger charge is -2.17. The lowest BCUT2D eigenvalue weighted by atomic mass is 10.7. The van der Waals surface area contributed by atoms with Crippen molar-refractivity contribution in [1.82, 2.24) is 16.3 Å². The first-order valence-corrected chi connectivity index (χ1v) is 6.61. The van der Waals surface area contributed by atoms with Gasteiger partial charge in [0, 0.05) is 13.1 Å². The normalized spacial score (nSPS) is 11.6. The van der Waals surface area contributed by atoms with Crippen LogP contribution in [0.2, 0.25) is 0 Å². The Morgan fingerprint density at radius 1 is 1.25 bits per heavy atom. The fourth-order valence-electron chi connectivity index (χ4n) is 0.709. The Hall–Kier alpha value is -0.500. The minimum absolute atomic E-state index is 0.195. The molecule has 0 aliphatic carbocycles. The highest BCUT2D eigenvalue weighted by atomic mass is 31.2. The summed E-state index contributed by atoms with van der Waals surface area (Å²) in [5, 5.41) is 10.8. The van der Waals surface area contributed by atoms with Crippen LogP contribution >= 0.6 is 7.60 Å². The van der Waals surface area contributed by atoms with Crippen LogP contribution in [0.25, 0.3) is 0 Å². The van der Waals surface area contributed by atoms with Crippen LogP contribution < -0.4 is 16.3 Å². The fourth-order valence-corrected chi connectivity index (χ4v) is 1.91. The van der Waals surface area contributed by atoms with Gasteiger partial charge in [-0.3, -0.25) is 14.7 Å². The van der Waals surface area contributed by atoms with Gasteiger partial charge in [-0.15, -0.1) is 0 Å². The molecule has 0 heterocycles. The van der Waals surface area contributed by atoms with E-state index in [4.69, 9.17) is 14.4 Å². The van der Waals surface area contributed by atoms with Gasteiger partial charge in [0.1, 0.15) is 6.29 Å². The molecule has 0 saturated heterocycles. The minimum atomic E-state index is -3.41. The first-order chi connectivity index (χ1) is 7.54. The topological polar surface area (TPSA) is 109 Å². The van der Waals surface area contributed by atoms with E-state index in [1.54, 1.807) is 13.8 Å². The molecule has 0 spiro atoms. The number of nitrogens with one attached hydrogen (secondary N) is 3. The molecular weight excluding hydrogens is 237 g/mol. The molecule has 8 nitrogen and oxygen atoms in total. The first kappa shape index (κ1) is 15.5. The molecule has 0 saturated carbocycles. The van der Waals surface area contributed by atoms with E-state index in [1.807, 2.05) is 0 Å². The van der Waals surface area contributed by atoms with Gasteiger partial charge in [0.2, 0.25) is 0 Å². The number of carboxylic acids is 1. The third-order valence-electron chi connectivity index (χ3n) is 1.28. The van der Waals surface area contributed by atoms with Gasteiger partial charge in [0.05, 0.1) is 6.54 Å². The third-order valence-corrected chi connectivity index (χ3v) is 2.70. The average Bonchev–Trinajstić information content (AvgIpc) is 2.23. The quantitative estimate of drug-likeness (QED) is 0.316. The van der Waals surface area contributed by atoms with Crippen molar-refractivity contribution in [3.05, 3.63) is 0 Å². The number of carboxylic acid groups (broad SMARTS) is 1. The minimum Gasteiger partial charge on any atom is -0.480 e. The zero-order valence-corrected chi connectivity index (χ0v) is 10.3. The van der Waals surface area contributed by atoms with Gasteiger partial charge in [0.15, 0.2) is 0 Å². The van der Waals surface area contributed by atoms with E-state index >= 15 is 0 Å². The van der Waals surface area contributed by atoms with Gasteiger partial charge >= 0.3 is 13.6 Å². The van der Waals surface area contributed by atoms with Crippen molar-refractivity contribution in [3.8, 4) is 0 Å². The van der Waals surface area contributed by atoms with Gasteiger partial charge in [-0.25, -0.2) is 9.25 Å². The van der Waals surface area contributed by atoms with E-state index in [1.165, 1.54) is 0 Å². The molecule has 0 aromatic heterocycles. The summed E-state index contributed by atoms with van der Waals surface area (Å²) in [6.07, 6.45) is -0.195. The maximum atomic E-state index is 11.9. The van der Waals surface area contributed by atoms with Crippen LogP contribution in [0.4, 0.5) is 0 Å². The van der Waals surface area contributed by atoms with Crippen molar-refractivity contribution in [2.75, 3.05) is 25.9 Å². The van der Waals surface area contributed by atoms with E-state index in [0.717, 1.165) is 0 Å². The summed E-state index contributed by atoms with van der Waals surface area (Å²) in [4.78, 5) is 10.2. The molecule has 4 N–H and O–H groups in total. The Morgan fingerprint density at radius 3 is 2.12 bits per heavy atom. The average molecular weight is 255 g/mol. The molecule has 0 atom stereocenters. The van der Waals surface area contributed by atoms with Crippen LogP contribution in [0.3, 0.4) is 0 Å². The predicted octanol–water partition coefficient (Wildman–Crippen LogP) is -0.107. The summed E-state index contributed by atoms with van der Waals surface area (Å²) >= 11 is 0. The van der Waals surface area contributed by atoms with E-state index in [2.05, 4.69) is 16.3 Å². The zero-order valence-electron chi connectivity index (χ0n) is 9.36. The van der Waals surface area contributed by atoms with E-state index in [-0.39, 0.29) is 12.8 Å². The summed E-state index contributed by atoms with van der Waals surface area (Å²) < 4.78 is 21.5. The van der Waals surface area contributed by atoms with Crippen LogP contribution in [0.5, 0.6) is 0 Å². The lowest BCUT2D eigenvalue weighted by Crippen LogP contribution is -2.28. The highest BCUT2D eigenvalue weighted by molar-refractivity contribution is 7.53. The Morgan fingerprint density at radius 2 is 1.75 bits per heavy atom. The van der Waals surface area contributed by atoms with Gasteiger partial charge in [-0.05, 0) is 0 Å². The smallest absolute Gasteiger partial charge is 0.376 e. The molecule has 0 aliphatic heterocycles. The van der Waals surface area contributed by atoms with Crippen molar-refractivity contribution in [1.29, 1.82) is 0 Å². The highest BCUT2D eigenvalue weighted by Crippen LogP contribution is 2.44. The van der Waals surface area contributed by atoms with Gasteiger partial charge in [0.25, 0.3) is 0 Å². The van der Waals surface area contributed by atoms with Crippen molar-refractivity contribution < 1.29 is 23.7 Å². The molecule has 0 amide bonds. The number of rotatable bonds is 10. The Balaban J connectivity index is 4.07. The van der Waals surface area contributed by atoms with Gasteiger partial charge in [-0.2, -0.15) is 11.0 Å². The summed E-state index contributed by atoms with van der Waals surface area (Å²) in [5.74, 6) is -1.04. The van der Waals surface area contributed by atoms with Crippen LogP contribution in [0, 0.1) is 0 Å². The lowest BCUT2D eigenvalue weighted by molar-refractivity contribution is -0.135. The molecule has 0 bridgehead atoms. The van der Waals surface area contributed by atoms with Crippen molar-refractivity contribution in [3.63, 3.8) is 0 Å².